The Hall–Kier alpha value is -2.90. The molecule has 0 unspecified atom stereocenters. The molecule has 0 spiro atoms. The van der Waals surface area contributed by atoms with Crippen molar-refractivity contribution >= 4 is 12.0 Å². The van der Waals surface area contributed by atoms with E-state index in [1.165, 1.54) is 12.1 Å². The first-order chi connectivity index (χ1) is 9.86. The molecule has 1 amide bonds. The third-order valence-corrected chi connectivity index (χ3v) is 2.82. The van der Waals surface area contributed by atoms with E-state index >= 15 is 0 Å². The van der Waals surface area contributed by atoms with E-state index in [0.717, 1.165) is 6.07 Å². The Balaban J connectivity index is 2.30. The fourth-order valence-electron chi connectivity index (χ4n) is 1.85. The number of hydrogen-bond acceptors (Lipinski definition) is 6. The number of aryl methyl sites for hydroxylation is 1. The molecule has 0 saturated carbocycles. The Morgan fingerprint density at radius 1 is 1.43 bits per heavy atom. The fraction of sp³-hybridized carbons (Fsp3) is 0.154. The molecule has 8 heteroatoms. The van der Waals surface area contributed by atoms with E-state index in [-0.39, 0.29) is 29.6 Å². The molecule has 1 aromatic carbocycles. The minimum Gasteiger partial charge on any atom is -0.493 e. The zero-order valence-electron chi connectivity index (χ0n) is 11.1. The van der Waals surface area contributed by atoms with Gasteiger partial charge >= 0.3 is 6.09 Å². The third-order valence-electron chi connectivity index (χ3n) is 2.82. The third kappa shape index (κ3) is 3.35. The summed E-state index contributed by atoms with van der Waals surface area (Å²) < 4.78 is 18.5. The lowest BCUT2D eigenvalue weighted by atomic mass is 10.0. The average molecular weight is 292 g/mol. The summed E-state index contributed by atoms with van der Waals surface area (Å²) in [4.78, 5) is 18.1. The van der Waals surface area contributed by atoms with Crippen LogP contribution in [0.4, 0.5) is 15.1 Å². The summed E-state index contributed by atoms with van der Waals surface area (Å²) in [6, 6.07) is 3.85. The number of hydrogen-bond donors (Lipinski definition) is 3. The maximum Gasteiger partial charge on any atom is 0.409 e. The highest BCUT2D eigenvalue weighted by Gasteiger charge is 2.14. The van der Waals surface area contributed by atoms with Crippen LogP contribution in [-0.4, -0.2) is 21.2 Å². The summed E-state index contributed by atoms with van der Waals surface area (Å²) in [5.41, 5.74) is 11.3. The monoisotopic (exact) mass is 292 g/mol. The number of halogens is 1. The number of carbonyl (C=O) groups excluding carboxylic acids is 1. The fourth-order valence-corrected chi connectivity index (χ4v) is 1.85. The van der Waals surface area contributed by atoms with Crippen LogP contribution in [0.15, 0.2) is 18.2 Å². The van der Waals surface area contributed by atoms with E-state index in [4.69, 9.17) is 11.5 Å². The normalized spacial score (nSPS) is 10.4. The van der Waals surface area contributed by atoms with Crippen LogP contribution in [0.5, 0.6) is 11.6 Å². The first kappa shape index (κ1) is 14.5. The first-order valence-corrected chi connectivity index (χ1v) is 5.94. The number of anilines is 1. The lowest BCUT2D eigenvalue weighted by Crippen LogP contribution is -2.16. The highest BCUT2D eigenvalue weighted by Crippen LogP contribution is 2.25. The molecule has 1 aromatic heterocycles. The molecule has 7 nitrogen and oxygen atoms in total. The van der Waals surface area contributed by atoms with Gasteiger partial charge in [-0.1, -0.05) is 6.07 Å². The zero-order chi connectivity index (χ0) is 15.6. The molecule has 21 heavy (non-hydrogen) atoms. The van der Waals surface area contributed by atoms with E-state index in [9.17, 15) is 14.3 Å². The van der Waals surface area contributed by atoms with Crippen molar-refractivity contribution in [2.75, 3.05) is 5.73 Å². The van der Waals surface area contributed by atoms with Crippen molar-refractivity contribution in [3.05, 3.63) is 40.8 Å². The Bertz CT molecular complexity index is 683. The molecule has 110 valence electrons. The van der Waals surface area contributed by atoms with Gasteiger partial charge in [0.1, 0.15) is 11.6 Å². The van der Waals surface area contributed by atoms with Crippen molar-refractivity contribution in [2.45, 2.75) is 13.3 Å². The van der Waals surface area contributed by atoms with Gasteiger partial charge in [-0.05, 0) is 18.6 Å². The van der Waals surface area contributed by atoms with Crippen molar-refractivity contribution < 1.29 is 19.0 Å². The van der Waals surface area contributed by atoms with E-state index < -0.39 is 11.9 Å². The number of nitrogens with two attached hydrogens (primary N) is 2. The SMILES string of the molecule is Cc1nc(N)nc(O)c1Cc1ccc(OC(N)=O)cc1F. The number of aromatic nitrogens is 2. The molecule has 0 saturated heterocycles. The number of carbonyl (C=O) groups is 1. The summed E-state index contributed by atoms with van der Waals surface area (Å²) in [6.45, 7) is 1.63. The Labute approximate surface area is 119 Å². The van der Waals surface area contributed by atoms with Crippen LogP contribution in [0.2, 0.25) is 0 Å². The van der Waals surface area contributed by atoms with Crippen LogP contribution >= 0.6 is 0 Å². The largest absolute Gasteiger partial charge is 0.493 e. The Morgan fingerprint density at radius 2 is 2.14 bits per heavy atom. The second-order valence-electron chi connectivity index (χ2n) is 4.32. The van der Waals surface area contributed by atoms with Gasteiger partial charge in [-0.15, -0.1) is 0 Å². The van der Waals surface area contributed by atoms with Gasteiger partial charge in [0.2, 0.25) is 11.8 Å². The molecular weight excluding hydrogens is 279 g/mol. The molecule has 0 bridgehead atoms. The number of primary amides is 1. The molecule has 0 fully saturated rings. The van der Waals surface area contributed by atoms with Gasteiger partial charge in [-0.3, -0.25) is 0 Å². The smallest absolute Gasteiger partial charge is 0.409 e. The standard InChI is InChI=1S/C13H13FN4O3/c1-6-9(11(19)18-12(15)17-6)4-7-2-3-8(5-10(7)14)21-13(16)20/h2-3,5H,4H2,1H3,(H2,16,20)(H3,15,17,18,19). The van der Waals surface area contributed by atoms with Crippen LogP contribution in [0, 0.1) is 12.7 Å². The van der Waals surface area contributed by atoms with Gasteiger partial charge in [0.15, 0.2) is 0 Å². The molecule has 0 aliphatic rings. The molecule has 2 aromatic rings. The number of amides is 1. The number of ether oxygens (including phenoxy) is 1. The molecule has 2 rings (SSSR count). The van der Waals surface area contributed by atoms with Crippen molar-refractivity contribution in [1.82, 2.24) is 9.97 Å². The summed E-state index contributed by atoms with van der Waals surface area (Å²) in [6.07, 6.45) is -0.955. The first-order valence-electron chi connectivity index (χ1n) is 5.94. The molecule has 5 N–H and O–H groups in total. The van der Waals surface area contributed by atoms with Gasteiger partial charge in [-0.2, -0.15) is 4.98 Å². The van der Waals surface area contributed by atoms with Crippen LogP contribution in [-0.2, 0) is 6.42 Å². The predicted molar refractivity (Wildman–Crippen MR) is 72.3 cm³/mol. The van der Waals surface area contributed by atoms with Crippen molar-refractivity contribution in [2.24, 2.45) is 5.73 Å². The summed E-state index contributed by atoms with van der Waals surface area (Å²) in [5, 5.41) is 9.76. The number of aromatic hydroxyl groups is 1. The van der Waals surface area contributed by atoms with Gasteiger partial charge in [0.05, 0.1) is 5.69 Å². The van der Waals surface area contributed by atoms with Crippen LogP contribution in [0.1, 0.15) is 16.8 Å². The van der Waals surface area contributed by atoms with E-state index in [1.807, 2.05) is 0 Å². The highest BCUT2D eigenvalue weighted by atomic mass is 19.1. The van der Waals surface area contributed by atoms with Gasteiger partial charge in [-0.25, -0.2) is 14.2 Å². The van der Waals surface area contributed by atoms with Crippen molar-refractivity contribution in [3.8, 4) is 11.6 Å². The maximum atomic E-state index is 13.9. The van der Waals surface area contributed by atoms with Crippen LogP contribution in [0.3, 0.4) is 0 Å². The van der Waals surface area contributed by atoms with E-state index in [2.05, 4.69) is 14.7 Å². The number of benzene rings is 1. The molecule has 0 radical (unpaired) electrons. The lowest BCUT2D eigenvalue weighted by molar-refractivity contribution is 0.210. The van der Waals surface area contributed by atoms with Crippen molar-refractivity contribution in [1.29, 1.82) is 0 Å². The van der Waals surface area contributed by atoms with Crippen LogP contribution < -0.4 is 16.2 Å². The second kappa shape index (κ2) is 5.61. The van der Waals surface area contributed by atoms with E-state index in [0.29, 0.717) is 11.3 Å². The van der Waals surface area contributed by atoms with E-state index in [1.54, 1.807) is 6.92 Å². The Morgan fingerprint density at radius 3 is 2.71 bits per heavy atom. The topological polar surface area (TPSA) is 124 Å². The minimum atomic E-state index is -1.03. The number of nitrogens with zero attached hydrogens (tertiary/aromatic N) is 2. The van der Waals surface area contributed by atoms with Gasteiger partial charge < -0.3 is 21.3 Å². The molecular formula is C13H13FN4O3. The number of rotatable bonds is 3. The van der Waals surface area contributed by atoms with Gasteiger partial charge in [0.25, 0.3) is 0 Å². The summed E-state index contributed by atoms with van der Waals surface area (Å²) in [5.74, 6) is -0.959. The predicted octanol–water partition coefficient (Wildman–Crippen LogP) is 1.26. The lowest BCUT2D eigenvalue weighted by Gasteiger charge is -2.09. The molecule has 0 atom stereocenters. The summed E-state index contributed by atoms with van der Waals surface area (Å²) >= 11 is 0. The maximum absolute atomic E-state index is 13.9. The minimum absolute atomic E-state index is 0.00162. The summed E-state index contributed by atoms with van der Waals surface area (Å²) in [7, 11) is 0. The second-order valence-corrected chi connectivity index (χ2v) is 4.32. The molecule has 0 aliphatic carbocycles. The molecule has 0 aliphatic heterocycles. The van der Waals surface area contributed by atoms with Crippen molar-refractivity contribution in [3.63, 3.8) is 0 Å². The van der Waals surface area contributed by atoms with Gasteiger partial charge in [0, 0.05) is 18.1 Å². The number of nitrogen functional groups attached to an aromatic ring is 1. The highest BCUT2D eigenvalue weighted by molar-refractivity contribution is 5.68. The molecule has 1 heterocycles. The zero-order valence-corrected chi connectivity index (χ0v) is 11.1. The van der Waals surface area contributed by atoms with Crippen LogP contribution in [0.25, 0.3) is 0 Å². The average Bonchev–Trinajstić information content (AvgIpc) is 2.35. The quantitative estimate of drug-likeness (QED) is 0.782. The Kier molecular flexibility index (Phi) is 3.88.